The van der Waals surface area contributed by atoms with Gasteiger partial charge < -0.3 is 20.5 Å². The lowest BCUT2D eigenvalue weighted by molar-refractivity contribution is -0.136. The van der Waals surface area contributed by atoms with Crippen LogP contribution in [0.4, 0.5) is 23.9 Å². The molecule has 1 aliphatic rings. The van der Waals surface area contributed by atoms with Gasteiger partial charge in [0.05, 0.1) is 36.7 Å². The summed E-state index contributed by atoms with van der Waals surface area (Å²) in [6, 6.07) is 7.75. The Morgan fingerprint density at radius 1 is 1.16 bits per heavy atom. The maximum absolute atomic E-state index is 14.2. The third kappa shape index (κ3) is 4.41. The van der Waals surface area contributed by atoms with Gasteiger partial charge in [0.25, 0.3) is 5.91 Å². The Hall–Kier alpha value is -3.82. The number of hydrogen-bond acceptors (Lipinski definition) is 8. The van der Waals surface area contributed by atoms with E-state index < -0.39 is 17.6 Å². The highest BCUT2D eigenvalue weighted by molar-refractivity contribution is 7.21. The van der Waals surface area contributed by atoms with Gasteiger partial charge in [0.2, 0.25) is 0 Å². The molecule has 196 valence electrons. The monoisotopic (exact) mass is 558 g/mol. The van der Waals surface area contributed by atoms with Crippen LogP contribution in [0.5, 0.6) is 11.5 Å². The van der Waals surface area contributed by atoms with Crippen LogP contribution in [-0.2, 0) is 19.0 Å². The maximum atomic E-state index is 14.2. The summed E-state index contributed by atoms with van der Waals surface area (Å²) < 4.78 is 53.2. The number of thiophene rings is 2. The highest BCUT2D eigenvalue weighted by Gasteiger charge is 2.37. The normalized spacial score (nSPS) is 13.2. The summed E-state index contributed by atoms with van der Waals surface area (Å²) in [4.78, 5) is 18.6. The van der Waals surface area contributed by atoms with E-state index in [2.05, 4.69) is 16.4 Å². The molecule has 5 rings (SSSR count). The number of nitrogens with zero attached hydrogens (tertiary/aromatic N) is 2. The van der Waals surface area contributed by atoms with E-state index in [9.17, 15) is 23.2 Å². The van der Waals surface area contributed by atoms with Crippen molar-refractivity contribution in [1.29, 1.82) is 5.26 Å². The SMILES string of the molecule is COc1ccc(-c2cc(C(F)(F)F)c3c(N)c(C(=O)Nc4sc5c(c4C#N)CCCC5)sc3n2)c(OC)c1. The van der Waals surface area contributed by atoms with Crippen LogP contribution in [-0.4, -0.2) is 25.1 Å². The minimum atomic E-state index is -4.76. The fraction of sp³-hybridized carbons (Fsp3) is 0.269. The van der Waals surface area contributed by atoms with Crippen molar-refractivity contribution >= 4 is 49.5 Å². The molecule has 7 nitrogen and oxygen atoms in total. The first-order chi connectivity index (χ1) is 18.2. The van der Waals surface area contributed by atoms with Gasteiger partial charge in [-0.05, 0) is 49.4 Å². The number of carbonyl (C=O) groups excluding carboxylic acids is 1. The molecule has 3 aromatic heterocycles. The van der Waals surface area contributed by atoms with Crippen molar-refractivity contribution in [3.05, 3.63) is 50.7 Å². The molecular weight excluding hydrogens is 537 g/mol. The van der Waals surface area contributed by atoms with Gasteiger partial charge in [-0.2, -0.15) is 18.4 Å². The average molecular weight is 559 g/mol. The lowest BCUT2D eigenvalue weighted by Crippen LogP contribution is -2.12. The topological polar surface area (TPSA) is 110 Å². The van der Waals surface area contributed by atoms with Gasteiger partial charge in [0, 0.05) is 21.9 Å². The zero-order valence-electron chi connectivity index (χ0n) is 20.3. The molecule has 4 aromatic rings. The second kappa shape index (κ2) is 9.81. The number of methoxy groups -OCH3 is 2. The molecule has 0 atom stereocenters. The fourth-order valence-electron chi connectivity index (χ4n) is 4.59. The minimum absolute atomic E-state index is 0.00948. The Balaban J connectivity index is 1.61. The van der Waals surface area contributed by atoms with Gasteiger partial charge in [0.1, 0.15) is 32.3 Å². The van der Waals surface area contributed by atoms with Crippen molar-refractivity contribution in [3.8, 4) is 28.8 Å². The number of hydrogen-bond donors (Lipinski definition) is 2. The van der Waals surface area contributed by atoms with E-state index in [0.717, 1.165) is 53.5 Å². The molecule has 0 radical (unpaired) electrons. The van der Waals surface area contributed by atoms with Crippen LogP contribution in [0.3, 0.4) is 0 Å². The lowest BCUT2D eigenvalue weighted by Gasteiger charge is -2.13. The number of anilines is 2. The van der Waals surface area contributed by atoms with E-state index >= 15 is 0 Å². The van der Waals surface area contributed by atoms with E-state index in [-0.39, 0.29) is 32.2 Å². The second-order valence-corrected chi connectivity index (χ2v) is 10.7. The zero-order valence-corrected chi connectivity index (χ0v) is 21.9. The smallest absolute Gasteiger partial charge is 0.417 e. The van der Waals surface area contributed by atoms with Crippen LogP contribution >= 0.6 is 22.7 Å². The van der Waals surface area contributed by atoms with Crippen LogP contribution < -0.4 is 20.5 Å². The van der Waals surface area contributed by atoms with Crippen LogP contribution in [0.15, 0.2) is 24.3 Å². The molecule has 3 N–H and O–H groups in total. The summed E-state index contributed by atoms with van der Waals surface area (Å²) in [5.41, 5.74) is 6.50. The number of nitrogen functional groups attached to an aromatic ring is 1. The minimum Gasteiger partial charge on any atom is -0.497 e. The molecule has 0 bridgehead atoms. The van der Waals surface area contributed by atoms with Crippen molar-refractivity contribution < 1.29 is 27.4 Å². The van der Waals surface area contributed by atoms with Gasteiger partial charge in [-0.15, -0.1) is 22.7 Å². The molecule has 0 aliphatic heterocycles. The molecule has 1 amide bonds. The molecule has 1 aliphatic carbocycles. The maximum Gasteiger partial charge on any atom is 0.417 e. The summed E-state index contributed by atoms with van der Waals surface area (Å²) in [5.74, 6) is 0.0591. The summed E-state index contributed by atoms with van der Waals surface area (Å²) in [7, 11) is 2.86. The Labute approximate surface area is 223 Å². The molecule has 0 unspecified atom stereocenters. The number of amides is 1. The molecule has 0 fully saturated rings. The van der Waals surface area contributed by atoms with Crippen molar-refractivity contribution in [2.45, 2.75) is 31.9 Å². The number of carbonyl (C=O) groups is 1. The van der Waals surface area contributed by atoms with Crippen molar-refractivity contribution in [2.24, 2.45) is 0 Å². The summed E-state index contributed by atoms with van der Waals surface area (Å²) in [5, 5.41) is 12.4. The molecule has 1 aromatic carbocycles. The first-order valence-corrected chi connectivity index (χ1v) is 13.2. The van der Waals surface area contributed by atoms with E-state index in [1.807, 2.05) is 0 Å². The molecule has 38 heavy (non-hydrogen) atoms. The Bertz CT molecular complexity index is 1620. The van der Waals surface area contributed by atoms with Crippen LogP contribution in [0.2, 0.25) is 0 Å². The predicted octanol–water partition coefficient (Wildman–Crippen LogP) is 6.65. The van der Waals surface area contributed by atoms with Crippen molar-refractivity contribution in [3.63, 3.8) is 0 Å². The molecule has 0 saturated heterocycles. The van der Waals surface area contributed by atoms with Gasteiger partial charge in [-0.3, -0.25) is 4.79 Å². The number of aromatic nitrogens is 1. The number of ether oxygens (including phenoxy) is 2. The van der Waals surface area contributed by atoms with Crippen molar-refractivity contribution in [2.75, 3.05) is 25.3 Å². The standard InChI is InChI=1S/C26H21F3N4O3S2/c1-35-12-7-8-14(18(9-12)36-2)17-10-16(26(27,28)29)20-21(31)22(38-25(20)32-17)23(34)33-24-15(11-30)13-5-3-4-6-19(13)37-24/h7-10H,3-6,31H2,1-2H3,(H,33,34). The second-order valence-electron chi connectivity index (χ2n) is 8.62. The number of nitrogens with two attached hydrogens (primary N) is 1. The third-order valence-electron chi connectivity index (χ3n) is 6.41. The van der Waals surface area contributed by atoms with Crippen LogP contribution in [0.25, 0.3) is 21.5 Å². The highest BCUT2D eigenvalue weighted by atomic mass is 32.1. The number of halogens is 3. The van der Waals surface area contributed by atoms with Gasteiger partial charge in [-0.25, -0.2) is 4.98 Å². The first-order valence-electron chi connectivity index (χ1n) is 11.5. The van der Waals surface area contributed by atoms with Gasteiger partial charge in [0.15, 0.2) is 0 Å². The number of nitrogens with one attached hydrogen (secondary N) is 1. The quantitative estimate of drug-likeness (QED) is 0.284. The van der Waals surface area contributed by atoms with Crippen LogP contribution in [0.1, 0.15) is 44.1 Å². The van der Waals surface area contributed by atoms with Gasteiger partial charge in [-0.1, -0.05) is 0 Å². The molecule has 3 heterocycles. The molecule has 12 heteroatoms. The van der Waals surface area contributed by atoms with E-state index in [4.69, 9.17) is 15.2 Å². The van der Waals surface area contributed by atoms with Crippen molar-refractivity contribution in [1.82, 2.24) is 4.98 Å². The Morgan fingerprint density at radius 3 is 2.61 bits per heavy atom. The Morgan fingerprint density at radius 2 is 1.92 bits per heavy atom. The molecule has 0 spiro atoms. The third-order valence-corrected chi connectivity index (χ3v) is 8.71. The number of pyridine rings is 1. The summed E-state index contributed by atoms with van der Waals surface area (Å²) in [6.45, 7) is 0. The number of rotatable bonds is 5. The molecular formula is C26H21F3N4O3S2. The predicted molar refractivity (Wildman–Crippen MR) is 141 cm³/mol. The summed E-state index contributed by atoms with van der Waals surface area (Å²) >= 11 is 2.09. The van der Waals surface area contributed by atoms with E-state index in [1.54, 1.807) is 18.2 Å². The number of aryl methyl sites for hydroxylation is 1. The largest absolute Gasteiger partial charge is 0.497 e. The summed E-state index contributed by atoms with van der Waals surface area (Å²) in [6.07, 6.45) is -1.22. The van der Waals surface area contributed by atoms with Crippen LogP contribution in [0, 0.1) is 11.3 Å². The first kappa shape index (κ1) is 25.8. The number of alkyl halides is 3. The average Bonchev–Trinajstić information content (AvgIpc) is 3.43. The van der Waals surface area contributed by atoms with E-state index in [0.29, 0.717) is 21.9 Å². The Kier molecular flexibility index (Phi) is 6.66. The molecule has 0 saturated carbocycles. The van der Waals surface area contributed by atoms with Gasteiger partial charge >= 0.3 is 6.18 Å². The highest BCUT2D eigenvalue weighted by Crippen LogP contribution is 2.45. The number of nitriles is 1. The zero-order chi connectivity index (χ0) is 27.2. The van der Waals surface area contributed by atoms with E-state index in [1.165, 1.54) is 25.6 Å². The number of benzene rings is 1. The fourth-order valence-corrected chi connectivity index (χ4v) is 6.84. The lowest BCUT2D eigenvalue weighted by atomic mass is 9.96. The number of fused-ring (bicyclic) bond motifs is 2.